The molecular formula is C9H13ClN4OS. The summed E-state index contributed by atoms with van der Waals surface area (Å²) in [4.78, 5) is 0. The van der Waals surface area contributed by atoms with Crippen molar-refractivity contribution in [3.8, 4) is 0 Å². The summed E-state index contributed by atoms with van der Waals surface area (Å²) in [5, 5.41) is 7.38. The molecule has 88 valence electrons. The van der Waals surface area contributed by atoms with Crippen molar-refractivity contribution in [1.82, 2.24) is 10.2 Å². The van der Waals surface area contributed by atoms with E-state index in [0.717, 1.165) is 0 Å². The molecular weight excluding hydrogens is 248 g/mol. The van der Waals surface area contributed by atoms with Crippen LogP contribution in [0.15, 0.2) is 10.5 Å². The van der Waals surface area contributed by atoms with Gasteiger partial charge in [0.15, 0.2) is 5.15 Å². The zero-order chi connectivity index (χ0) is 12.3. The lowest BCUT2D eigenvalue weighted by atomic mass is 10.3. The van der Waals surface area contributed by atoms with Crippen molar-refractivity contribution in [2.24, 2.45) is 4.40 Å². The van der Waals surface area contributed by atoms with Gasteiger partial charge in [0.25, 0.3) is 0 Å². The van der Waals surface area contributed by atoms with Crippen molar-refractivity contribution < 1.29 is 4.21 Å². The van der Waals surface area contributed by atoms with Gasteiger partial charge in [0, 0.05) is 11.8 Å². The number of nitrogen functional groups attached to an aromatic ring is 1. The fourth-order valence-electron chi connectivity index (χ4n) is 0.760. The molecule has 16 heavy (non-hydrogen) atoms. The first-order valence-corrected chi connectivity index (χ1v) is 6.04. The Hall–Kier alpha value is -1.01. The smallest absolute Gasteiger partial charge is 0.160 e. The second kappa shape index (κ2) is 4.88. The lowest BCUT2D eigenvalue weighted by molar-refractivity contribution is 0.651. The zero-order valence-electron chi connectivity index (χ0n) is 9.27. The summed E-state index contributed by atoms with van der Waals surface area (Å²) in [7, 11) is -1.33. The molecule has 0 amide bonds. The number of aromatic nitrogens is 2. The number of anilines is 1. The molecule has 1 heterocycles. The molecule has 0 fully saturated rings. The number of hydrogen-bond acceptors (Lipinski definition) is 4. The van der Waals surface area contributed by atoms with Gasteiger partial charge in [-0.05, 0) is 26.8 Å². The van der Waals surface area contributed by atoms with Crippen molar-refractivity contribution in [1.29, 1.82) is 0 Å². The Morgan fingerprint density at radius 1 is 1.50 bits per heavy atom. The maximum absolute atomic E-state index is 11.6. The van der Waals surface area contributed by atoms with Crippen LogP contribution in [0.4, 0.5) is 5.82 Å². The van der Waals surface area contributed by atoms with Gasteiger partial charge in [-0.3, -0.25) is 0 Å². The Kier molecular flexibility index (Phi) is 3.98. The highest BCUT2D eigenvalue weighted by Crippen LogP contribution is 2.14. The van der Waals surface area contributed by atoms with Crippen LogP contribution in [0.25, 0.3) is 0 Å². The van der Waals surface area contributed by atoms with E-state index in [-0.39, 0.29) is 11.0 Å². The molecule has 0 radical (unpaired) electrons. The first-order valence-electron chi connectivity index (χ1n) is 4.55. The third kappa shape index (κ3) is 3.53. The molecule has 1 aromatic rings. The lowest BCUT2D eigenvalue weighted by Gasteiger charge is -2.12. The molecule has 0 aliphatic rings. The minimum atomic E-state index is -1.33. The molecule has 1 aromatic heterocycles. The van der Waals surface area contributed by atoms with Crippen LogP contribution in [-0.4, -0.2) is 25.4 Å². The van der Waals surface area contributed by atoms with E-state index in [1.54, 1.807) is 0 Å². The van der Waals surface area contributed by atoms with Gasteiger partial charge in [0.1, 0.15) is 16.8 Å². The Balaban J connectivity index is 2.93. The molecule has 2 N–H and O–H groups in total. The van der Waals surface area contributed by atoms with Crippen LogP contribution in [0.1, 0.15) is 26.3 Å². The average molecular weight is 261 g/mol. The van der Waals surface area contributed by atoms with E-state index in [4.69, 9.17) is 17.3 Å². The van der Waals surface area contributed by atoms with Gasteiger partial charge in [-0.15, -0.1) is 10.2 Å². The second-order valence-corrected chi connectivity index (χ2v) is 6.40. The van der Waals surface area contributed by atoms with Crippen LogP contribution in [-0.2, 0) is 11.0 Å². The molecule has 5 nitrogen and oxygen atoms in total. The largest absolute Gasteiger partial charge is 0.382 e. The Morgan fingerprint density at radius 2 is 2.12 bits per heavy atom. The molecule has 1 rings (SSSR count). The van der Waals surface area contributed by atoms with Gasteiger partial charge in [0.2, 0.25) is 0 Å². The van der Waals surface area contributed by atoms with Crippen molar-refractivity contribution in [3.05, 3.63) is 16.8 Å². The molecule has 0 spiro atoms. The van der Waals surface area contributed by atoms with Gasteiger partial charge in [0.05, 0.1) is 4.75 Å². The SMILES string of the molecule is CC(C)(C)S(=O)N=Cc1cc(N)nnc1Cl. The first-order chi connectivity index (χ1) is 7.30. The minimum absolute atomic E-state index is 0.184. The van der Waals surface area contributed by atoms with Crippen molar-refractivity contribution in [3.63, 3.8) is 0 Å². The quantitative estimate of drug-likeness (QED) is 0.819. The van der Waals surface area contributed by atoms with Gasteiger partial charge >= 0.3 is 0 Å². The molecule has 0 aliphatic carbocycles. The minimum Gasteiger partial charge on any atom is -0.382 e. The van der Waals surface area contributed by atoms with Gasteiger partial charge in [-0.1, -0.05) is 11.6 Å². The molecule has 1 atom stereocenters. The number of rotatable bonds is 2. The summed E-state index contributed by atoms with van der Waals surface area (Å²) in [5.41, 5.74) is 5.96. The monoisotopic (exact) mass is 260 g/mol. The molecule has 0 aromatic carbocycles. The Morgan fingerprint density at radius 3 is 2.69 bits per heavy atom. The predicted molar refractivity (Wildman–Crippen MR) is 66.9 cm³/mol. The summed E-state index contributed by atoms with van der Waals surface area (Å²) in [6.45, 7) is 5.50. The highest BCUT2D eigenvalue weighted by atomic mass is 35.5. The van der Waals surface area contributed by atoms with E-state index >= 15 is 0 Å². The average Bonchev–Trinajstić information content (AvgIpc) is 2.17. The van der Waals surface area contributed by atoms with E-state index in [9.17, 15) is 4.21 Å². The zero-order valence-corrected chi connectivity index (χ0v) is 10.8. The van der Waals surface area contributed by atoms with Crippen LogP contribution >= 0.6 is 11.6 Å². The highest BCUT2D eigenvalue weighted by molar-refractivity contribution is 7.85. The standard InChI is InChI=1S/C9H13ClN4OS/c1-9(2,3)16(15)12-5-6-4-7(11)13-14-8(6)10/h4-5H,1-3H3,(H2,11,13). The molecule has 0 saturated carbocycles. The van der Waals surface area contributed by atoms with Crippen molar-refractivity contribution in [2.75, 3.05) is 5.73 Å². The van der Waals surface area contributed by atoms with Crippen LogP contribution in [0.5, 0.6) is 0 Å². The van der Waals surface area contributed by atoms with E-state index in [1.165, 1.54) is 12.3 Å². The van der Waals surface area contributed by atoms with E-state index < -0.39 is 15.7 Å². The molecule has 7 heteroatoms. The first kappa shape index (κ1) is 13.1. The number of halogens is 1. The van der Waals surface area contributed by atoms with Gasteiger partial charge in [-0.2, -0.15) is 4.40 Å². The third-order valence-electron chi connectivity index (χ3n) is 1.61. The van der Waals surface area contributed by atoms with E-state index in [1.807, 2.05) is 20.8 Å². The van der Waals surface area contributed by atoms with Gasteiger partial charge < -0.3 is 5.73 Å². The summed E-state index contributed by atoms with van der Waals surface area (Å²) in [5.74, 6) is 0.243. The predicted octanol–water partition coefficient (Wildman–Crippen LogP) is 1.59. The number of nitrogens with zero attached hydrogens (tertiary/aromatic N) is 3. The fraction of sp³-hybridized carbons (Fsp3) is 0.444. The van der Waals surface area contributed by atoms with Crippen molar-refractivity contribution >= 4 is 34.6 Å². The normalized spacial score (nSPS) is 14.2. The van der Waals surface area contributed by atoms with Crippen LogP contribution < -0.4 is 5.73 Å². The number of hydrogen-bond donors (Lipinski definition) is 1. The van der Waals surface area contributed by atoms with Crippen molar-refractivity contribution in [2.45, 2.75) is 25.5 Å². The fourth-order valence-corrected chi connectivity index (χ4v) is 1.43. The maximum Gasteiger partial charge on any atom is 0.160 e. The summed E-state index contributed by atoms with van der Waals surface area (Å²) in [6, 6.07) is 1.53. The maximum atomic E-state index is 11.6. The van der Waals surface area contributed by atoms with Crippen LogP contribution in [0, 0.1) is 0 Å². The lowest BCUT2D eigenvalue weighted by Crippen LogP contribution is -2.19. The summed E-state index contributed by atoms with van der Waals surface area (Å²) >= 11 is 5.77. The summed E-state index contributed by atoms with van der Waals surface area (Å²) in [6.07, 6.45) is 1.40. The molecule has 0 saturated heterocycles. The second-order valence-electron chi connectivity index (χ2n) is 4.11. The highest BCUT2D eigenvalue weighted by Gasteiger charge is 2.18. The molecule has 0 bridgehead atoms. The molecule has 1 unspecified atom stereocenters. The Labute approximate surface area is 102 Å². The number of nitrogens with two attached hydrogens (primary N) is 1. The van der Waals surface area contributed by atoms with Crippen LogP contribution in [0.3, 0.4) is 0 Å². The Bertz CT molecular complexity index is 442. The summed E-state index contributed by atoms with van der Waals surface area (Å²) < 4.78 is 15.1. The third-order valence-corrected chi connectivity index (χ3v) is 3.24. The van der Waals surface area contributed by atoms with E-state index in [0.29, 0.717) is 5.56 Å². The molecule has 0 aliphatic heterocycles. The van der Waals surface area contributed by atoms with Crippen LogP contribution in [0.2, 0.25) is 5.15 Å². The topological polar surface area (TPSA) is 81.2 Å². The van der Waals surface area contributed by atoms with Gasteiger partial charge in [-0.25, -0.2) is 4.21 Å². The van der Waals surface area contributed by atoms with E-state index in [2.05, 4.69) is 14.6 Å².